The number of thioether (sulfide) groups is 1. The molecule has 2 atom stereocenters. The molecule has 11 heteroatoms. The molecule has 8 nitrogen and oxygen atoms in total. The zero-order chi connectivity index (χ0) is 31.3. The molecule has 1 fully saturated rings. The number of carbonyl (C=O) groups is 1. The van der Waals surface area contributed by atoms with E-state index in [2.05, 4.69) is 16.5 Å². The van der Waals surface area contributed by atoms with E-state index in [9.17, 15) is 9.59 Å². The molecule has 0 spiro atoms. The molecule has 0 radical (unpaired) electrons. The van der Waals surface area contributed by atoms with Crippen LogP contribution in [0.4, 0.5) is 14.6 Å². The molecule has 5 heterocycles. The highest BCUT2D eigenvalue weighted by Crippen LogP contribution is 2.39. The number of benzene rings is 1. The van der Waals surface area contributed by atoms with Gasteiger partial charge >= 0.3 is 5.69 Å². The third-order valence-electron chi connectivity index (χ3n) is 8.38. The summed E-state index contributed by atoms with van der Waals surface area (Å²) in [5.41, 5.74) is 1.70. The summed E-state index contributed by atoms with van der Waals surface area (Å²) in [6.07, 6.45) is 4.42. The lowest BCUT2D eigenvalue weighted by atomic mass is 10.0. The summed E-state index contributed by atoms with van der Waals surface area (Å²) in [5.74, 6) is -0.587. The maximum absolute atomic E-state index is 16.2. The lowest BCUT2D eigenvalue weighted by molar-refractivity contribution is -0.128. The Bertz CT molecular complexity index is 1860. The molecule has 2 aliphatic rings. The maximum atomic E-state index is 16.2. The maximum Gasteiger partial charge on any atom is 0.355 e. The minimum Gasteiger partial charge on any atom is -0.349 e. The van der Waals surface area contributed by atoms with Crippen LogP contribution < -0.4 is 10.6 Å². The molecular formula is C33H34F2N6O2S. The summed E-state index contributed by atoms with van der Waals surface area (Å²) >= 11 is 1.46. The van der Waals surface area contributed by atoms with Crippen LogP contribution in [0.1, 0.15) is 51.3 Å². The predicted octanol–water partition coefficient (Wildman–Crippen LogP) is 5.89. The summed E-state index contributed by atoms with van der Waals surface area (Å²) in [6, 6.07) is 7.43. The molecule has 0 unspecified atom stereocenters. The lowest BCUT2D eigenvalue weighted by Gasteiger charge is -2.44. The van der Waals surface area contributed by atoms with Gasteiger partial charge in [-0.15, -0.1) is 11.8 Å². The van der Waals surface area contributed by atoms with Crippen molar-refractivity contribution in [3.8, 4) is 16.9 Å². The highest BCUT2D eigenvalue weighted by molar-refractivity contribution is 7.99. The first-order valence-corrected chi connectivity index (χ1v) is 15.8. The van der Waals surface area contributed by atoms with Crippen LogP contribution in [0.25, 0.3) is 28.0 Å². The summed E-state index contributed by atoms with van der Waals surface area (Å²) in [7, 11) is 0. The van der Waals surface area contributed by atoms with E-state index < -0.39 is 17.3 Å². The van der Waals surface area contributed by atoms with Crippen molar-refractivity contribution in [2.75, 3.05) is 23.7 Å². The quantitative estimate of drug-likeness (QED) is 0.265. The minimum atomic E-state index is -0.716. The molecule has 4 aromatic rings. The highest BCUT2D eigenvalue weighted by Gasteiger charge is 2.34. The van der Waals surface area contributed by atoms with Crippen molar-refractivity contribution >= 4 is 34.5 Å². The van der Waals surface area contributed by atoms with Gasteiger partial charge in [0.1, 0.15) is 17.3 Å². The van der Waals surface area contributed by atoms with E-state index in [0.29, 0.717) is 46.9 Å². The first-order valence-electron chi connectivity index (χ1n) is 14.8. The van der Waals surface area contributed by atoms with Gasteiger partial charge in [0.05, 0.1) is 22.3 Å². The number of piperazine rings is 1. The summed E-state index contributed by atoms with van der Waals surface area (Å²) in [4.78, 5) is 45.0. The Labute approximate surface area is 258 Å². The largest absolute Gasteiger partial charge is 0.355 e. The van der Waals surface area contributed by atoms with Crippen molar-refractivity contribution in [2.24, 2.45) is 0 Å². The van der Waals surface area contributed by atoms with Gasteiger partial charge in [0.25, 0.3) is 0 Å². The standard InChI is InChI=1S/C33H34F2N6O2S/c1-6-26(42)39-16-20(5)40(17-19(39)4)31-22-15-24(35)29-27-23(34)10-7-11-25(27)44-14-8-9-21-12-13-36-28(18(2)3)30(21)41(32(22)37-29)33(43)38-31/h6-7,10-13,15,18-20H,1,8-9,14,16-17H2,2-5H3/t19-,20+/m1/s1. The molecule has 0 saturated carbocycles. The first-order chi connectivity index (χ1) is 21.1. The number of nitrogens with zero attached hydrogens (tertiary/aromatic N) is 6. The smallest absolute Gasteiger partial charge is 0.349 e. The Hall–Kier alpha value is -4.12. The van der Waals surface area contributed by atoms with E-state index in [-0.39, 0.29) is 46.6 Å². The normalized spacial score (nSPS) is 18.5. The van der Waals surface area contributed by atoms with Crippen LogP contribution in [0.15, 0.2) is 58.9 Å². The molecule has 1 amide bonds. The van der Waals surface area contributed by atoms with Crippen molar-refractivity contribution in [1.29, 1.82) is 0 Å². The van der Waals surface area contributed by atoms with E-state index >= 15 is 8.78 Å². The molecule has 0 aliphatic carbocycles. The van der Waals surface area contributed by atoms with Gasteiger partial charge in [-0.05, 0) is 74.3 Å². The number of hydrogen-bond acceptors (Lipinski definition) is 7. The number of amides is 1. The molecule has 2 bridgehead atoms. The highest BCUT2D eigenvalue weighted by atomic mass is 32.2. The zero-order valence-electron chi connectivity index (χ0n) is 25.2. The number of rotatable bonds is 3. The average molecular weight is 617 g/mol. The Morgan fingerprint density at radius 1 is 1.11 bits per heavy atom. The monoisotopic (exact) mass is 616 g/mol. The fourth-order valence-corrected chi connectivity index (χ4v) is 7.26. The molecule has 1 aromatic carbocycles. The Morgan fingerprint density at radius 3 is 2.66 bits per heavy atom. The van der Waals surface area contributed by atoms with Crippen molar-refractivity contribution in [2.45, 2.75) is 63.4 Å². The topological polar surface area (TPSA) is 84.2 Å². The molecule has 0 N–H and O–H groups in total. The lowest BCUT2D eigenvalue weighted by Crippen LogP contribution is -2.58. The fourth-order valence-electron chi connectivity index (χ4n) is 6.24. The van der Waals surface area contributed by atoms with Gasteiger partial charge in [-0.25, -0.2) is 23.1 Å². The van der Waals surface area contributed by atoms with E-state index in [0.717, 1.165) is 12.0 Å². The van der Waals surface area contributed by atoms with E-state index in [1.54, 1.807) is 23.2 Å². The SMILES string of the molecule is C=CC(=O)N1C[C@H](C)N(c2nc(=O)n3c4nc(c(F)cc24)-c2c(F)cccc2SCCCc2ccnc(C(C)C)c2-3)C[C@H]1C. The van der Waals surface area contributed by atoms with Crippen molar-refractivity contribution in [3.05, 3.63) is 82.6 Å². The van der Waals surface area contributed by atoms with Crippen LogP contribution in [0.5, 0.6) is 0 Å². The minimum absolute atomic E-state index is 0.0386. The van der Waals surface area contributed by atoms with Gasteiger partial charge in [0.15, 0.2) is 11.5 Å². The summed E-state index contributed by atoms with van der Waals surface area (Å²) in [5, 5.41) is 0.320. The number of carbonyl (C=O) groups excluding carboxylic acids is 1. The van der Waals surface area contributed by atoms with Gasteiger partial charge in [0.2, 0.25) is 5.91 Å². The number of aromatic nitrogens is 4. The van der Waals surface area contributed by atoms with Gasteiger partial charge in [-0.1, -0.05) is 26.5 Å². The van der Waals surface area contributed by atoms with E-state index in [1.165, 1.54) is 34.5 Å². The molecule has 3 aromatic heterocycles. The van der Waals surface area contributed by atoms with Crippen molar-refractivity contribution in [1.82, 2.24) is 24.4 Å². The fraction of sp³-hybridized carbons (Fsp3) is 0.364. The summed E-state index contributed by atoms with van der Waals surface area (Å²) < 4.78 is 33.1. The van der Waals surface area contributed by atoms with Gasteiger partial charge < -0.3 is 9.80 Å². The molecule has 1 saturated heterocycles. The molecular weight excluding hydrogens is 582 g/mol. The van der Waals surface area contributed by atoms with E-state index in [4.69, 9.17) is 4.98 Å². The number of pyridine rings is 2. The second-order valence-corrected chi connectivity index (χ2v) is 12.8. The number of halogens is 2. The molecule has 44 heavy (non-hydrogen) atoms. The third-order valence-corrected chi connectivity index (χ3v) is 9.53. The number of anilines is 1. The van der Waals surface area contributed by atoms with Gasteiger partial charge in [-0.2, -0.15) is 4.98 Å². The van der Waals surface area contributed by atoms with Crippen LogP contribution in [0.3, 0.4) is 0 Å². The van der Waals surface area contributed by atoms with Crippen LogP contribution in [0, 0.1) is 11.6 Å². The molecule has 2 aliphatic heterocycles. The van der Waals surface area contributed by atoms with Crippen LogP contribution >= 0.6 is 11.8 Å². The summed E-state index contributed by atoms with van der Waals surface area (Å²) in [6.45, 7) is 12.2. The van der Waals surface area contributed by atoms with Crippen LogP contribution in [-0.2, 0) is 11.2 Å². The zero-order valence-corrected chi connectivity index (χ0v) is 26.0. The van der Waals surface area contributed by atoms with Crippen molar-refractivity contribution in [3.63, 3.8) is 0 Å². The average Bonchev–Trinajstić information content (AvgIpc) is 2.99. The number of fused-ring (bicyclic) bond motifs is 5. The predicted molar refractivity (Wildman–Crippen MR) is 170 cm³/mol. The second-order valence-electron chi connectivity index (χ2n) is 11.7. The number of hydrogen-bond donors (Lipinski definition) is 0. The third kappa shape index (κ3) is 5.06. The number of aryl methyl sites for hydroxylation is 1. The first kappa shape index (κ1) is 29.9. The van der Waals surface area contributed by atoms with Crippen molar-refractivity contribution < 1.29 is 13.6 Å². The van der Waals surface area contributed by atoms with Gasteiger partial charge in [-0.3, -0.25) is 9.78 Å². The molecule has 6 rings (SSSR count). The Morgan fingerprint density at radius 2 is 1.91 bits per heavy atom. The van der Waals surface area contributed by atoms with Gasteiger partial charge in [0, 0.05) is 36.3 Å². The Balaban J connectivity index is 1.69. The molecule has 228 valence electrons. The van der Waals surface area contributed by atoms with E-state index in [1.807, 2.05) is 38.7 Å². The van der Waals surface area contributed by atoms with Crippen LogP contribution in [0.2, 0.25) is 0 Å². The second kappa shape index (κ2) is 11.8. The van der Waals surface area contributed by atoms with Crippen LogP contribution in [-0.4, -0.2) is 61.3 Å². The Kier molecular flexibility index (Phi) is 8.00.